The zero-order valence-corrected chi connectivity index (χ0v) is 10.0. The molecular weight excluding hydrogens is 246 g/mol. The summed E-state index contributed by atoms with van der Waals surface area (Å²) < 4.78 is 5.43. The van der Waals surface area contributed by atoms with Gasteiger partial charge in [-0.05, 0) is 5.56 Å². The quantitative estimate of drug-likeness (QED) is 0.724. The van der Waals surface area contributed by atoms with Crippen molar-refractivity contribution >= 4 is 17.7 Å². The smallest absolute Gasteiger partial charge is 0.257 e. The minimum absolute atomic E-state index is 0.0126. The van der Waals surface area contributed by atoms with Gasteiger partial charge in [0.1, 0.15) is 18.0 Å². The van der Waals surface area contributed by atoms with Crippen LogP contribution in [0.2, 0.25) is 0 Å². The largest absolute Gasteiger partial charge is 0.472 e. The Morgan fingerprint density at radius 1 is 1.16 bits per heavy atom. The molecule has 19 heavy (non-hydrogen) atoms. The van der Waals surface area contributed by atoms with E-state index in [0.717, 1.165) is 5.56 Å². The van der Waals surface area contributed by atoms with Crippen molar-refractivity contribution in [3.63, 3.8) is 0 Å². The molecule has 0 fully saturated rings. The van der Waals surface area contributed by atoms with E-state index in [9.17, 15) is 4.79 Å². The van der Waals surface area contributed by atoms with Crippen LogP contribution in [0.4, 0.5) is 11.8 Å². The number of carbonyl (C=O) groups excluding carboxylic acids is 1. The maximum atomic E-state index is 11.3. The van der Waals surface area contributed by atoms with Crippen molar-refractivity contribution in [2.24, 2.45) is 5.73 Å². The number of benzene rings is 1. The molecule has 0 bridgehead atoms. The minimum atomic E-state index is -0.763. The lowest BCUT2D eigenvalue weighted by Crippen LogP contribution is -2.18. The molecule has 0 unspecified atom stereocenters. The highest BCUT2D eigenvalue weighted by Crippen LogP contribution is 2.22. The molecule has 7 heteroatoms. The van der Waals surface area contributed by atoms with Crippen molar-refractivity contribution in [3.8, 4) is 5.88 Å². The molecule has 0 saturated carbocycles. The molecule has 0 aliphatic carbocycles. The zero-order chi connectivity index (χ0) is 13.8. The van der Waals surface area contributed by atoms with E-state index in [1.807, 2.05) is 30.3 Å². The fraction of sp³-hybridized carbons (Fsp3) is 0.0833. The number of hydrogen-bond acceptors (Lipinski definition) is 6. The van der Waals surface area contributed by atoms with Crippen LogP contribution in [0, 0.1) is 0 Å². The number of anilines is 2. The van der Waals surface area contributed by atoms with E-state index in [-0.39, 0.29) is 29.8 Å². The van der Waals surface area contributed by atoms with Gasteiger partial charge in [-0.15, -0.1) is 0 Å². The SMILES string of the molecule is NC(=O)c1c(N)nc(N)nc1OCc1ccccc1. The van der Waals surface area contributed by atoms with E-state index in [1.165, 1.54) is 0 Å². The first-order valence-electron chi connectivity index (χ1n) is 5.47. The number of primary amides is 1. The lowest BCUT2D eigenvalue weighted by Gasteiger charge is -2.10. The highest BCUT2D eigenvalue weighted by atomic mass is 16.5. The van der Waals surface area contributed by atoms with Gasteiger partial charge in [0.25, 0.3) is 5.91 Å². The summed E-state index contributed by atoms with van der Waals surface area (Å²) in [4.78, 5) is 18.8. The van der Waals surface area contributed by atoms with Crippen LogP contribution in [0.5, 0.6) is 5.88 Å². The third kappa shape index (κ3) is 2.89. The summed E-state index contributed by atoms with van der Waals surface area (Å²) in [6.45, 7) is 0.219. The number of amides is 1. The molecule has 1 aromatic heterocycles. The van der Waals surface area contributed by atoms with Crippen molar-refractivity contribution in [2.75, 3.05) is 11.5 Å². The van der Waals surface area contributed by atoms with Gasteiger partial charge >= 0.3 is 0 Å². The maximum Gasteiger partial charge on any atom is 0.257 e. The topological polar surface area (TPSA) is 130 Å². The first kappa shape index (κ1) is 12.6. The van der Waals surface area contributed by atoms with Crippen LogP contribution in [0.15, 0.2) is 30.3 Å². The van der Waals surface area contributed by atoms with E-state index >= 15 is 0 Å². The Hall–Kier alpha value is -2.83. The number of nitrogens with two attached hydrogens (primary N) is 3. The Bertz CT molecular complexity index is 601. The summed E-state index contributed by atoms with van der Waals surface area (Å²) in [5.41, 5.74) is 17.1. The van der Waals surface area contributed by atoms with E-state index in [0.29, 0.717) is 0 Å². The lowest BCUT2D eigenvalue weighted by molar-refractivity contribution is 0.0995. The van der Waals surface area contributed by atoms with Gasteiger partial charge in [0.05, 0.1) is 0 Å². The van der Waals surface area contributed by atoms with Crippen molar-refractivity contribution < 1.29 is 9.53 Å². The fourth-order valence-corrected chi connectivity index (χ4v) is 1.54. The molecule has 0 aliphatic heterocycles. The van der Waals surface area contributed by atoms with Gasteiger partial charge in [-0.1, -0.05) is 30.3 Å². The normalized spacial score (nSPS) is 10.1. The summed E-state index contributed by atoms with van der Waals surface area (Å²) in [5.74, 6) is -0.949. The molecule has 7 nitrogen and oxygen atoms in total. The van der Waals surface area contributed by atoms with Gasteiger partial charge in [-0.2, -0.15) is 9.97 Å². The zero-order valence-electron chi connectivity index (χ0n) is 10.0. The predicted molar refractivity (Wildman–Crippen MR) is 70.1 cm³/mol. The number of ether oxygens (including phenoxy) is 1. The Morgan fingerprint density at radius 2 is 1.84 bits per heavy atom. The number of nitrogens with zero attached hydrogens (tertiary/aromatic N) is 2. The van der Waals surface area contributed by atoms with Crippen LogP contribution in [0.1, 0.15) is 15.9 Å². The number of hydrogen-bond donors (Lipinski definition) is 3. The van der Waals surface area contributed by atoms with Crippen molar-refractivity contribution in [2.45, 2.75) is 6.61 Å². The molecule has 0 atom stereocenters. The molecule has 0 spiro atoms. The molecule has 0 radical (unpaired) electrons. The first-order chi connectivity index (χ1) is 9.08. The van der Waals surface area contributed by atoms with Crippen LogP contribution in [-0.4, -0.2) is 15.9 Å². The molecule has 98 valence electrons. The molecule has 0 aliphatic rings. The molecule has 1 amide bonds. The third-order valence-corrected chi connectivity index (χ3v) is 2.39. The highest BCUT2D eigenvalue weighted by Gasteiger charge is 2.17. The molecular formula is C12H13N5O2. The van der Waals surface area contributed by atoms with Crippen LogP contribution in [-0.2, 0) is 6.61 Å². The Labute approximate surface area is 109 Å². The number of nitrogen functional groups attached to an aromatic ring is 2. The van der Waals surface area contributed by atoms with Crippen molar-refractivity contribution in [3.05, 3.63) is 41.5 Å². The molecule has 2 aromatic rings. The van der Waals surface area contributed by atoms with E-state index in [2.05, 4.69) is 9.97 Å². The van der Waals surface area contributed by atoms with Gasteiger partial charge in [0, 0.05) is 0 Å². The summed E-state index contributed by atoms with van der Waals surface area (Å²) in [7, 11) is 0. The Kier molecular flexibility index (Phi) is 3.46. The average Bonchev–Trinajstić information content (AvgIpc) is 2.36. The second-order valence-corrected chi connectivity index (χ2v) is 3.79. The summed E-state index contributed by atoms with van der Waals surface area (Å²) in [5, 5.41) is 0. The van der Waals surface area contributed by atoms with E-state index < -0.39 is 5.91 Å². The first-order valence-corrected chi connectivity index (χ1v) is 5.47. The van der Waals surface area contributed by atoms with Crippen LogP contribution < -0.4 is 21.9 Å². The summed E-state index contributed by atoms with van der Waals surface area (Å²) in [6.07, 6.45) is 0. The van der Waals surface area contributed by atoms with E-state index in [4.69, 9.17) is 21.9 Å². The standard InChI is InChI=1S/C12H13N5O2/c13-9-8(10(14)18)11(17-12(15)16-9)19-6-7-4-2-1-3-5-7/h1-5H,6H2,(H2,14,18)(H4,13,15,16,17). The Balaban J connectivity index is 2.27. The van der Waals surface area contributed by atoms with Crippen molar-refractivity contribution in [1.82, 2.24) is 9.97 Å². The van der Waals surface area contributed by atoms with Gasteiger partial charge in [0.15, 0.2) is 0 Å². The molecule has 1 aromatic carbocycles. The fourth-order valence-electron chi connectivity index (χ4n) is 1.54. The monoisotopic (exact) mass is 259 g/mol. The molecule has 2 rings (SSSR count). The van der Waals surface area contributed by atoms with E-state index in [1.54, 1.807) is 0 Å². The second-order valence-electron chi connectivity index (χ2n) is 3.79. The average molecular weight is 259 g/mol. The lowest BCUT2D eigenvalue weighted by atomic mass is 10.2. The van der Waals surface area contributed by atoms with Gasteiger partial charge in [-0.3, -0.25) is 4.79 Å². The van der Waals surface area contributed by atoms with Gasteiger partial charge in [-0.25, -0.2) is 0 Å². The third-order valence-electron chi connectivity index (χ3n) is 2.39. The minimum Gasteiger partial charge on any atom is -0.472 e. The predicted octanol–water partition coefficient (Wildman–Crippen LogP) is 0.319. The summed E-state index contributed by atoms with van der Waals surface area (Å²) >= 11 is 0. The van der Waals surface area contributed by atoms with Crippen molar-refractivity contribution in [1.29, 1.82) is 0 Å². The second kappa shape index (κ2) is 5.21. The number of carbonyl (C=O) groups is 1. The Morgan fingerprint density at radius 3 is 2.47 bits per heavy atom. The highest BCUT2D eigenvalue weighted by molar-refractivity contribution is 5.99. The summed E-state index contributed by atoms with van der Waals surface area (Å²) in [6, 6.07) is 9.38. The van der Waals surface area contributed by atoms with Crippen LogP contribution in [0.3, 0.4) is 0 Å². The number of aromatic nitrogens is 2. The maximum absolute atomic E-state index is 11.3. The molecule has 6 N–H and O–H groups in total. The van der Waals surface area contributed by atoms with Gasteiger partial charge < -0.3 is 21.9 Å². The van der Waals surface area contributed by atoms with Gasteiger partial charge in [0.2, 0.25) is 11.8 Å². The molecule has 0 saturated heterocycles. The molecule has 1 heterocycles. The number of rotatable bonds is 4. The van der Waals surface area contributed by atoms with Crippen LogP contribution >= 0.6 is 0 Å². The van der Waals surface area contributed by atoms with Crippen LogP contribution in [0.25, 0.3) is 0 Å².